The summed E-state index contributed by atoms with van der Waals surface area (Å²) in [6, 6.07) is 5.24. The van der Waals surface area contributed by atoms with E-state index in [0.717, 1.165) is 12.1 Å². The molecular formula is C13H3Cl3F5N3O. The minimum atomic E-state index is -6.04. The number of benzene rings is 1. The van der Waals surface area contributed by atoms with Crippen LogP contribution >= 0.6 is 34.8 Å². The van der Waals surface area contributed by atoms with Gasteiger partial charge in [-0.1, -0.05) is 34.8 Å². The first-order chi connectivity index (χ1) is 11.4. The molecule has 0 unspecified atom stereocenters. The van der Waals surface area contributed by atoms with E-state index in [0.29, 0.717) is 4.68 Å². The number of aromatic nitrogens is 2. The van der Waals surface area contributed by atoms with Gasteiger partial charge in [-0.15, -0.1) is 0 Å². The molecule has 0 saturated heterocycles. The molecule has 0 amide bonds. The molecule has 0 aliphatic carbocycles. The SMILES string of the molecule is N#Cc1ccc(-n2nc(Cl)c(C(F)(F)C(F)(F)F)c(Cl)c2=O)c(Cl)c1. The molecule has 0 spiro atoms. The fourth-order valence-electron chi connectivity index (χ4n) is 1.79. The van der Waals surface area contributed by atoms with Crippen LogP contribution in [0.1, 0.15) is 11.1 Å². The molecule has 0 aliphatic heterocycles. The fourth-order valence-corrected chi connectivity index (χ4v) is 2.68. The molecule has 132 valence electrons. The third kappa shape index (κ3) is 3.29. The van der Waals surface area contributed by atoms with Gasteiger partial charge in [0, 0.05) is 0 Å². The van der Waals surface area contributed by atoms with Crippen molar-refractivity contribution in [3.63, 3.8) is 0 Å². The Hall–Kier alpha value is -1.89. The van der Waals surface area contributed by atoms with Gasteiger partial charge in [-0.05, 0) is 18.2 Å². The van der Waals surface area contributed by atoms with Gasteiger partial charge in [0.25, 0.3) is 5.56 Å². The lowest BCUT2D eigenvalue weighted by Crippen LogP contribution is -2.37. The minimum absolute atomic E-state index is 0.110. The molecule has 2 aromatic rings. The van der Waals surface area contributed by atoms with E-state index in [2.05, 4.69) is 5.10 Å². The lowest BCUT2D eigenvalue weighted by molar-refractivity contribution is -0.289. The Labute approximate surface area is 150 Å². The zero-order chi connectivity index (χ0) is 19.2. The van der Waals surface area contributed by atoms with Crippen LogP contribution in [0.15, 0.2) is 23.0 Å². The predicted molar refractivity (Wildman–Crippen MR) is 79.5 cm³/mol. The van der Waals surface area contributed by atoms with Gasteiger partial charge in [0.15, 0.2) is 5.15 Å². The summed E-state index contributed by atoms with van der Waals surface area (Å²) in [7, 11) is 0. The van der Waals surface area contributed by atoms with Gasteiger partial charge in [0.1, 0.15) is 5.02 Å². The Morgan fingerprint density at radius 3 is 2.20 bits per heavy atom. The summed E-state index contributed by atoms with van der Waals surface area (Å²) in [5.41, 5.74) is -3.54. The van der Waals surface area contributed by atoms with Gasteiger partial charge in [0.2, 0.25) is 0 Å². The number of hydrogen-bond acceptors (Lipinski definition) is 3. The molecule has 1 aromatic heterocycles. The van der Waals surface area contributed by atoms with Crippen LogP contribution < -0.4 is 5.56 Å². The number of alkyl halides is 5. The van der Waals surface area contributed by atoms with Crippen LogP contribution in [0, 0.1) is 11.3 Å². The summed E-state index contributed by atoms with van der Waals surface area (Å²) in [5, 5.41) is 9.00. The van der Waals surface area contributed by atoms with Crippen LogP contribution in [-0.2, 0) is 5.92 Å². The van der Waals surface area contributed by atoms with Crippen molar-refractivity contribution < 1.29 is 22.0 Å². The second-order valence-corrected chi connectivity index (χ2v) is 5.69. The number of nitrogens with zero attached hydrogens (tertiary/aromatic N) is 3. The zero-order valence-electron chi connectivity index (χ0n) is 11.5. The summed E-state index contributed by atoms with van der Waals surface area (Å²) in [6.07, 6.45) is -6.04. The summed E-state index contributed by atoms with van der Waals surface area (Å²) in [4.78, 5) is 12.1. The van der Waals surface area contributed by atoms with Crippen molar-refractivity contribution in [1.82, 2.24) is 9.78 Å². The molecule has 1 heterocycles. The molecule has 0 atom stereocenters. The van der Waals surface area contributed by atoms with Crippen LogP contribution in [0.5, 0.6) is 0 Å². The van der Waals surface area contributed by atoms with Gasteiger partial charge in [-0.25, -0.2) is 0 Å². The Morgan fingerprint density at radius 2 is 1.72 bits per heavy atom. The van der Waals surface area contributed by atoms with Gasteiger partial charge >= 0.3 is 12.1 Å². The van der Waals surface area contributed by atoms with Crippen molar-refractivity contribution in [2.24, 2.45) is 0 Å². The van der Waals surface area contributed by atoms with Crippen LogP contribution in [0.25, 0.3) is 5.69 Å². The van der Waals surface area contributed by atoms with E-state index >= 15 is 0 Å². The number of nitriles is 1. The van der Waals surface area contributed by atoms with E-state index in [9.17, 15) is 26.7 Å². The Balaban J connectivity index is 2.76. The van der Waals surface area contributed by atoms with E-state index in [1.807, 2.05) is 0 Å². The molecule has 4 nitrogen and oxygen atoms in total. The monoisotopic (exact) mass is 417 g/mol. The molecule has 0 fully saturated rings. The van der Waals surface area contributed by atoms with E-state index in [4.69, 9.17) is 40.1 Å². The van der Waals surface area contributed by atoms with E-state index in [-0.39, 0.29) is 16.3 Å². The smallest absolute Gasteiger partial charge is 0.266 e. The molecular weight excluding hydrogens is 416 g/mol. The molecule has 25 heavy (non-hydrogen) atoms. The highest BCUT2D eigenvalue weighted by Gasteiger charge is 2.61. The quantitative estimate of drug-likeness (QED) is 0.663. The van der Waals surface area contributed by atoms with Crippen molar-refractivity contribution >= 4 is 34.8 Å². The van der Waals surface area contributed by atoms with Crippen LogP contribution in [-0.4, -0.2) is 16.0 Å². The van der Waals surface area contributed by atoms with E-state index < -0.39 is 33.4 Å². The molecule has 0 N–H and O–H groups in total. The molecule has 0 bridgehead atoms. The van der Waals surface area contributed by atoms with Gasteiger partial charge in [-0.2, -0.15) is 37.0 Å². The lowest BCUT2D eigenvalue weighted by atomic mass is 10.1. The molecule has 2 rings (SSSR count). The summed E-state index contributed by atoms with van der Waals surface area (Å²) < 4.78 is 65.0. The maximum Gasteiger partial charge on any atom is 0.458 e. The molecule has 1 aromatic carbocycles. The van der Waals surface area contributed by atoms with Crippen molar-refractivity contribution in [1.29, 1.82) is 5.26 Å². The van der Waals surface area contributed by atoms with Crippen LogP contribution in [0.2, 0.25) is 15.2 Å². The molecule has 0 aliphatic rings. The van der Waals surface area contributed by atoms with Crippen molar-refractivity contribution in [2.75, 3.05) is 0 Å². The first-order valence-electron chi connectivity index (χ1n) is 6.05. The Kier molecular flexibility index (Phi) is 5.01. The standard InChI is InChI=1S/C13H3Cl3F5N3O/c14-6-3-5(4-22)1-2-7(6)24-11(25)9(15)8(10(16)23-24)12(17,18)13(19,20)21/h1-3H. The lowest BCUT2D eigenvalue weighted by Gasteiger charge is -2.21. The molecule has 12 heteroatoms. The third-order valence-electron chi connectivity index (χ3n) is 2.97. The molecule has 0 radical (unpaired) electrons. The number of hydrogen-bond donors (Lipinski definition) is 0. The highest BCUT2D eigenvalue weighted by molar-refractivity contribution is 6.35. The Bertz CT molecular complexity index is 950. The largest absolute Gasteiger partial charge is 0.458 e. The Morgan fingerprint density at radius 1 is 1.12 bits per heavy atom. The highest BCUT2D eigenvalue weighted by atomic mass is 35.5. The average molecular weight is 419 g/mol. The normalized spacial score (nSPS) is 12.1. The predicted octanol–water partition coefficient (Wildman–Crippen LogP) is 4.72. The van der Waals surface area contributed by atoms with Crippen molar-refractivity contribution in [3.05, 3.63) is 54.9 Å². The second kappa shape index (κ2) is 6.44. The molecule has 0 saturated carbocycles. The third-order valence-corrected chi connectivity index (χ3v) is 3.89. The van der Waals surface area contributed by atoms with Gasteiger partial charge < -0.3 is 0 Å². The first kappa shape index (κ1) is 19.4. The van der Waals surface area contributed by atoms with Crippen molar-refractivity contribution in [2.45, 2.75) is 12.1 Å². The van der Waals surface area contributed by atoms with Crippen molar-refractivity contribution in [3.8, 4) is 11.8 Å². The summed E-state index contributed by atoms with van der Waals surface area (Å²) in [6.45, 7) is 0. The van der Waals surface area contributed by atoms with E-state index in [1.165, 1.54) is 6.07 Å². The second-order valence-electron chi connectivity index (χ2n) is 4.55. The number of halogens is 8. The minimum Gasteiger partial charge on any atom is -0.266 e. The van der Waals surface area contributed by atoms with Gasteiger partial charge in [0.05, 0.1) is 27.9 Å². The van der Waals surface area contributed by atoms with E-state index in [1.54, 1.807) is 6.07 Å². The summed E-state index contributed by atoms with van der Waals surface area (Å²) >= 11 is 16.7. The maximum absolute atomic E-state index is 13.5. The maximum atomic E-state index is 13.5. The average Bonchev–Trinajstić information content (AvgIpc) is 2.49. The van der Waals surface area contributed by atoms with Gasteiger partial charge in [-0.3, -0.25) is 4.79 Å². The summed E-state index contributed by atoms with van der Waals surface area (Å²) in [5.74, 6) is -5.49. The topological polar surface area (TPSA) is 58.7 Å². The first-order valence-corrected chi connectivity index (χ1v) is 7.18. The zero-order valence-corrected chi connectivity index (χ0v) is 13.8. The van der Waals surface area contributed by atoms with Crippen LogP contribution in [0.3, 0.4) is 0 Å². The van der Waals surface area contributed by atoms with Crippen LogP contribution in [0.4, 0.5) is 22.0 Å². The number of rotatable bonds is 2. The highest BCUT2D eigenvalue weighted by Crippen LogP contribution is 2.47. The fraction of sp³-hybridized carbons (Fsp3) is 0.154.